The standard InChI is InChI=1S/C18H30N6O/c1-3-4-9-22-18(20-2)23-12-14-7-5-10-21-17(14)24-11-6-8-15(13-24)16(19)25/h5,7,10,15H,3-4,6,8-9,11-13H2,1-2H3,(H2,19,25)(H2,20,22,23). The summed E-state index contributed by atoms with van der Waals surface area (Å²) >= 11 is 0. The lowest BCUT2D eigenvalue weighted by Crippen LogP contribution is -2.42. The Hall–Kier alpha value is -2.31. The number of primary amides is 1. The summed E-state index contributed by atoms with van der Waals surface area (Å²) in [5.74, 6) is 1.39. The van der Waals surface area contributed by atoms with E-state index in [1.807, 2.05) is 6.07 Å². The van der Waals surface area contributed by atoms with Crippen LogP contribution in [-0.2, 0) is 11.3 Å². The molecule has 1 aliphatic heterocycles. The third-order valence-corrected chi connectivity index (χ3v) is 4.48. The molecule has 1 amide bonds. The summed E-state index contributed by atoms with van der Waals surface area (Å²) < 4.78 is 0. The Morgan fingerprint density at radius 2 is 2.32 bits per heavy atom. The van der Waals surface area contributed by atoms with Gasteiger partial charge < -0.3 is 21.3 Å². The molecule has 25 heavy (non-hydrogen) atoms. The van der Waals surface area contributed by atoms with Gasteiger partial charge in [0.25, 0.3) is 0 Å². The monoisotopic (exact) mass is 346 g/mol. The molecule has 1 atom stereocenters. The van der Waals surface area contributed by atoms with Gasteiger partial charge in [-0.1, -0.05) is 19.4 Å². The summed E-state index contributed by atoms with van der Waals surface area (Å²) in [6.45, 7) is 5.24. The minimum Gasteiger partial charge on any atom is -0.369 e. The zero-order valence-electron chi connectivity index (χ0n) is 15.3. The fourth-order valence-electron chi connectivity index (χ4n) is 3.04. The molecule has 1 aromatic heterocycles. The zero-order chi connectivity index (χ0) is 18.1. The number of hydrogen-bond acceptors (Lipinski definition) is 4. The number of pyridine rings is 1. The summed E-state index contributed by atoms with van der Waals surface area (Å²) in [5.41, 5.74) is 6.59. The summed E-state index contributed by atoms with van der Waals surface area (Å²) in [7, 11) is 1.77. The van der Waals surface area contributed by atoms with Crippen LogP contribution in [-0.4, -0.2) is 43.5 Å². The number of guanidine groups is 1. The van der Waals surface area contributed by atoms with Gasteiger partial charge in [-0.3, -0.25) is 9.79 Å². The van der Waals surface area contributed by atoms with Crippen molar-refractivity contribution >= 4 is 17.7 Å². The van der Waals surface area contributed by atoms with Crippen molar-refractivity contribution in [3.05, 3.63) is 23.9 Å². The van der Waals surface area contributed by atoms with E-state index in [4.69, 9.17) is 5.73 Å². The number of anilines is 1. The predicted molar refractivity (Wildman–Crippen MR) is 101 cm³/mol. The molecule has 1 fully saturated rings. The van der Waals surface area contributed by atoms with Gasteiger partial charge in [-0.15, -0.1) is 0 Å². The quantitative estimate of drug-likeness (QED) is 0.392. The first-order valence-electron chi connectivity index (χ1n) is 9.08. The van der Waals surface area contributed by atoms with E-state index < -0.39 is 0 Å². The van der Waals surface area contributed by atoms with Crippen LogP contribution >= 0.6 is 0 Å². The number of nitrogens with zero attached hydrogens (tertiary/aromatic N) is 3. The number of nitrogens with two attached hydrogens (primary N) is 1. The van der Waals surface area contributed by atoms with Crippen LogP contribution in [0.25, 0.3) is 0 Å². The molecular weight excluding hydrogens is 316 g/mol. The molecule has 4 N–H and O–H groups in total. The molecule has 138 valence electrons. The highest BCUT2D eigenvalue weighted by atomic mass is 16.1. The predicted octanol–water partition coefficient (Wildman–Crippen LogP) is 1.25. The molecule has 0 saturated carbocycles. The molecular formula is C18H30N6O. The van der Waals surface area contributed by atoms with Crippen molar-refractivity contribution in [2.75, 3.05) is 31.6 Å². The largest absolute Gasteiger partial charge is 0.369 e. The van der Waals surface area contributed by atoms with Crippen molar-refractivity contribution in [3.63, 3.8) is 0 Å². The Kier molecular flexibility index (Phi) is 7.50. The Morgan fingerprint density at radius 1 is 1.48 bits per heavy atom. The molecule has 2 heterocycles. The van der Waals surface area contributed by atoms with Crippen LogP contribution in [0, 0.1) is 5.92 Å². The lowest BCUT2D eigenvalue weighted by Gasteiger charge is -2.33. The van der Waals surface area contributed by atoms with E-state index in [-0.39, 0.29) is 11.8 Å². The number of piperidine rings is 1. The molecule has 0 bridgehead atoms. The van der Waals surface area contributed by atoms with E-state index in [0.29, 0.717) is 13.1 Å². The Balaban J connectivity index is 2.01. The lowest BCUT2D eigenvalue weighted by molar-refractivity contribution is -0.122. The van der Waals surface area contributed by atoms with Crippen LogP contribution in [0.5, 0.6) is 0 Å². The smallest absolute Gasteiger partial charge is 0.222 e. The highest BCUT2D eigenvalue weighted by Gasteiger charge is 2.25. The molecule has 0 spiro atoms. The van der Waals surface area contributed by atoms with Gasteiger partial charge in [-0.05, 0) is 25.3 Å². The number of carbonyl (C=O) groups is 1. The van der Waals surface area contributed by atoms with Gasteiger partial charge in [-0.25, -0.2) is 4.98 Å². The van der Waals surface area contributed by atoms with E-state index >= 15 is 0 Å². The van der Waals surface area contributed by atoms with Crippen molar-refractivity contribution < 1.29 is 4.79 Å². The molecule has 7 heteroatoms. The van der Waals surface area contributed by atoms with Crippen molar-refractivity contribution in [3.8, 4) is 0 Å². The number of aromatic nitrogens is 1. The Morgan fingerprint density at radius 3 is 3.04 bits per heavy atom. The number of carbonyl (C=O) groups excluding carboxylic acids is 1. The van der Waals surface area contributed by atoms with Crippen molar-refractivity contribution in [2.24, 2.45) is 16.6 Å². The zero-order valence-corrected chi connectivity index (χ0v) is 15.3. The van der Waals surface area contributed by atoms with Crippen LogP contribution in [0.2, 0.25) is 0 Å². The van der Waals surface area contributed by atoms with Gasteiger partial charge in [0.1, 0.15) is 5.82 Å². The van der Waals surface area contributed by atoms with E-state index in [9.17, 15) is 4.79 Å². The highest BCUT2D eigenvalue weighted by Crippen LogP contribution is 2.24. The number of hydrogen-bond donors (Lipinski definition) is 3. The maximum absolute atomic E-state index is 11.5. The number of amides is 1. The molecule has 7 nitrogen and oxygen atoms in total. The van der Waals surface area contributed by atoms with Crippen LogP contribution in [0.3, 0.4) is 0 Å². The van der Waals surface area contributed by atoms with Gasteiger partial charge >= 0.3 is 0 Å². The molecule has 0 aromatic carbocycles. The van der Waals surface area contributed by atoms with Crippen molar-refractivity contribution in [2.45, 2.75) is 39.2 Å². The Labute approximate surface area is 150 Å². The van der Waals surface area contributed by atoms with Gasteiger partial charge in [0.05, 0.1) is 5.92 Å². The van der Waals surface area contributed by atoms with Crippen LogP contribution in [0.4, 0.5) is 5.82 Å². The summed E-state index contributed by atoms with van der Waals surface area (Å²) in [5, 5.41) is 6.64. The first-order valence-corrected chi connectivity index (χ1v) is 9.08. The minimum atomic E-state index is -0.221. The topological polar surface area (TPSA) is 95.6 Å². The average Bonchev–Trinajstić information content (AvgIpc) is 2.65. The first kappa shape index (κ1) is 19.0. The summed E-state index contributed by atoms with van der Waals surface area (Å²) in [6.07, 6.45) is 5.87. The number of rotatable bonds is 7. The molecule has 1 saturated heterocycles. The minimum absolute atomic E-state index is 0.0972. The fraction of sp³-hybridized carbons (Fsp3) is 0.611. The van der Waals surface area contributed by atoms with Gasteiger partial charge in [0.2, 0.25) is 5.91 Å². The summed E-state index contributed by atoms with van der Waals surface area (Å²) in [6, 6.07) is 3.99. The lowest BCUT2D eigenvalue weighted by atomic mass is 9.97. The first-order chi connectivity index (χ1) is 12.2. The molecule has 1 unspecified atom stereocenters. The van der Waals surface area contributed by atoms with Gasteiger partial charge in [0.15, 0.2) is 5.96 Å². The van der Waals surface area contributed by atoms with Gasteiger partial charge in [0, 0.05) is 45.0 Å². The second-order valence-electron chi connectivity index (χ2n) is 6.38. The van der Waals surface area contributed by atoms with E-state index in [1.54, 1.807) is 13.2 Å². The third-order valence-electron chi connectivity index (χ3n) is 4.48. The number of aliphatic imine (C=N–C) groups is 1. The van der Waals surface area contributed by atoms with Crippen LogP contribution in [0.1, 0.15) is 38.2 Å². The molecule has 1 aliphatic rings. The second kappa shape index (κ2) is 9.86. The maximum atomic E-state index is 11.5. The van der Waals surface area contributed by atoms with E-state index in [1.165, 1.54) is 0 Å². The van der Waals surface area contributed by atoms with E-state index in [2.05, 4.69) is 38.5 Å². The fourth-order valence-corrected chi connectivity index (χ4v) is 3.04. The molecule has 2 rings (SSSR count). The van der Waals surface area contributed by atoms with Crippen LogP contribution < -0.4 is 21.3 Å². The Bertz CT molecular complexity index is 589. The molecule has 1 aromatic rings. The van der Waals surface area contributed by atoms with Crippen molar-refractivity contribution in [1.82, 2.24) is 15.6 Å². The highest BCUT2D eigenvalue weighted by molar-refractivity contribution is 5.80. The average molecular weight is 346 g/mol. The van der Waals surface area contributed by atoms with Gasteiger partial charge in [-0.2, -0.15) is 0 Å². The van der Waals surface area contributed by atoms with Crippen molar-refractivity contribution in [1.29, 1.82) is 0 Å². The second-order valence-corrected chi connectivity index (χ2v) is 6.38. The number of nitrogens with one attached hydrogen (secondary N) is 2. The summed E-state index contributed by atoms with van der Waals surface area (Å²) in [4.78, 5) is 22.5. The number of unbranched alkanes of at least 4 members (excludes halogenated alkanes) is 1. The van der Waals surface area contributed by atoms with E-state index in [0.717, 1.165) is 56.1 Å². The maximum Gasteiger partial charge on any atom is 0.222 e. The SMILES string of the molecule is CCCCNC(=NC)NCc1cccnc1N1CCCC(C(N)=O)C1. The normalized spacial score (nSPS) is 18.1. The van der Waals surface area contributed by atoms with Crippen LogP contribution in [0.15, 0.2) is 23.3 Å². The molecule has 0 aliphatic carbocycles. The molecule has 0 radical (unpaired) electrons. The third kappa shape index (κ3) is 5.62.